The average molecular weight is 212 g/mol. The molecule has 1 atom stereocenters. The highest BCUT2D eigenvalue weighted by molar-refractivity contribution is 4.83. The Kier molecular flexibility index (Phi) is 6.55. The fourth-order valence-corrected chi connectivity index (χ4v) is 3.32. The van der Waals surface area contributed by atoms with Crippen LogP contribution in [0, 0.1) is 17.3 Å². The van der Waals surface area contributed by atoms with Crippen LogP contribution >= 0.6 is 0 Å². The number of rotatable bonds is 4. The summed E-state index contributed by atoms with van der Waals surface area (Å²) in [6.45, 7) is 9.67. The molecular weight excluding hydrogens is 180 g/mol. The lowest BCUT2D eigenvalue weighted by molar-refractivity contribution is 0.100. The van der Waals surface area contributed by atoms with Crippen molar-refractivity contribution in [2.24, 2.45) is 17.3 Å². The Morgan fingerprint density at radius 2 is 1.60 bits per heavy atom. The van der Waals surface area contributed by atoms with Gasteiger partial charge in [0.05, 0.1) is 0 Å². The van der Waals surface area contributed by atoms with Gasteiger partial charge in [-0.25, -0.2) is 0 Å². The first kappa shape index (κ1) is 15.0. The lowest BCUT2D eigenvalue weighted by atomic mass is 9.65. The van der Waals surface area contributed by atoms with Gasteiger partial charge in [-0.2, -0.15) is 0 Å². The topological polar surface area (TPSA) is 0 Å². The van der Waals surface area contributed by atoms with Gasteiger partial charge in [-0.05, 0) is 17.3 Å². The van der Waals surface area contributed by atoms with E-state index in [1.165, 1.54) is 44.9 Å². The summed E-state index contributed by atoms with van der Waals surface area (Å²) >= 11 is 0. The van der Waals surface area contributed by atoms with Gasteiger partial charge in [0.15, 0.2) is 0 Å². The molecule has 0 bridgehead atoms. The molecule has 0 aliphatic heterocycles. The molecule has 0 aromatic rings. The van der Waals surface area contributed by atoms with Crippen LogP contribution in [-0.4, -0.2) is 0 Å². The predicted octanol–water partition coefficient (Wildman–Crippen LogP) is 5.67. The van der Waals surface area contributed by atoms with Crippen molar-refractivity contribution >= 4 is 0 Å². The molecule has 0 amide bonds. The van der Waals surface area contributed by atoms with Crippen LogP contribution in [0.4, 0.5) is 0 Å². The smallest absolute Gasteiger partial charge is 0.0326 e. The summed E-state index contributed by atoms with van der Waals surface area (Å²) in [4.78, 5) is 0. The highest BCUT2D eigenvalue weighted by atomic mass is 14.4. The molecule has 0 heterocycles. The maximum absolute atomic E-state index is 2.47. The largest absolute Gasteiger partial charge is 0.0776 e. The standard InChI is InChI=1S/C14H28.CH4/c1-5-13(14(3,4)6-2)12-10-8-7-9-11-12;/h12-13H,5-11H2,1-4H3;1H4. The minimum Gasteiger partial charge on any atom is -0.0776 e. The monoisotopic (exact) mass is 212 g/mol. The summed E-state index contributed by atoms with van der Waals surface area (Å²) in [7, 11) is 0. The van der Waals surface area contributed by atoms with Gasteiger partial charge in [0.2, 0.25) is 0 Å². The minimum atomic E-state index is 0. The predicted molar refractivity (Wildman–Crippen MR) is 71.2 cm³/mol. The molecule has 0 nitrogen and oxygen atoms in total. The maximum atomic E-state index is 2.47. The van der Waals surface area contributed by atoms with Crippen molar-refractivity contribution in [2.75, 3.05) is 0 Å². The zero-order valence-electron chi connectivity index (χ0n) is 10.6. The summed E-state index contributed by atoms with van der Waals surface area (Å²) in [6.07, 6.45) is 10.2. The molecule has 1 saturated carbocycles. The summed E-state index contributed by atoms with van der Waals surface area (Å²) in [5.74, 6) is 2.00. The lowest BCUT2D eigenvalue weighted by Crippen LogP contribution is -2.31. The molecule has 1 aliphatic rings. The second kappa shape index (κ2) is 6.55. The van der Waals surface area contributed by atoms with Gasteiger partial charge in [0.1, 0.15) is 0 Å². The van der Waals surface area contributed by atoms with Crippen molar-refractivity contribution in [3.8, 4) is 0 Å². The normalized spacial score (nSPS) is 20.8. The Bertz CT molecular complexity index is 151. The van der Waals surface area contributed by atoms with E-state index in [9.17, 15) is 0 Å². The van der Waals surface area contributed by atoms with Crippen LogP contribution in [0.15, 0.2) is 0 Å². The van der Waals surface area contributed by atoms with Crippen molar-refractivity contribution in [1.82, 2.24) is 0 Å². The molecule has 1 rings (SSSR count). The van der Waals surface area contributed by atoms with Crippen molar-refractivity contribution in [2.45, 2.75) is 80.1 Å². The van der Waals surface area contributed by atoms with Gasteiger partial charge < -0.3 is 0 Å². The van der Waals surface area contributed by atoms with Crippen molar-refractivity contribution in [1.29, 1.82) is 0 Å². The number of hydrogen-bond acceptors (Lipinski definition) is 0. The van der Waals surface area contributed by atoms with Crippen LogP contribution < -0.4 is 0 Å². The molecule has 1 aliphatic carbocycles. The quantitative estimate of drug-likeness (QED) is 0.563. The second-order valence-electron chi connectivity index (χ2n) is 5.75. The van der Waals surface area contributed by atoms with Gasteiger partial charge in [0, 0.05) is 0 Å². The Hall–Kier alpha value is 0. The van der Waals surface area contributed by atoms with E-state index in [1.807, 2.05) is 0 Å². The molecular formula is C15H32. The van der Waals surface area contributed by atoms with Gasteiger partial charge in [-0.15, -0.1) is 0 Å². The first-order valence-electron chi connectivity index (χ1n) is 6.61. The molecule has 1 fully saturated rings. The van der Waals surface area contributed by atoms with Crippen LogP contribution in [0.2, 0.25) is 0 Å². The highest BCUT2D eigenvalue weighted by Crippen LogP contribution is 2.43. The van der Waals surface area contributed by atoms with E-state index >= 15 is 0 Å². The van der Waals surface area contributed by atoms with E-state index < -0.39 is 0 Å². The number of hydrogen-bond donors (Lipinski definition) is 0. The van der Waals surface area contributed by atoms with Crippen LogP contribution in [0.3, 0.4) is 0 Å². The molecule has 0 aromatic carbocycles. The zero-order chi connectivity index (χ0) is 10.6. The van der Waals surface area contributed by atoms with Gasteiger partial charge in [-0.3, -0.25) is 0 Å². The molecule has 15 heavy (non-hydrogen) atoms. The molecule has 0 saturated heterocycles. The molecule has 1 unspecified atom stereocenters. The van der Waals surface area contributed by atoms with Crippen molar-refractivity contribution < 1.29 is 0 Å². The van der Waals surface area contributed by atoms with Crippen molar-refractivity contribution in [3.63, 3.8) is 0 Å². The molecule has 0 aromatic heterocycles. The van der Waals surface area contributed by atoms with E-state index in [4.69, 9.17) is 0 Å². The Morgan fingerprint density at radius 1 is 1.07 bits per heavy atom. The van der Waals surface area contributed by atoms with Crippen LogP contribution in [-0.2, 0) is 0 Å². The fraction of sp³-hybridized carbons (Fsp3) is 1.00. The van der Waals surface area contributed by atoms with Gasteiger partial charge in [0.25, 0.3) is 0 Å². The van der Waals surface area contributed by atoms with Crippen LogP contribution in [0.5, 0.6) is 0 Å². The summed E-state index contributed by atoms with van der Waals surface area (Å²) < 4.78 is 0. The van der Waals surface area contributed by atoms with Gasteiger partial charge in [-0.1, -0.05) is 80.1 Å². The van der Waals surface area contributed by atoms with Gasteiger partial charge >= 0.3 is 0 Å². The molecule has 0 spiro atoms. The first-order valence-corrected chi connectivity index (χ1v) is 6.61. The molecule has 0 N–H and O–H groups in total. The van der Waals surface area contributed by atoms with Crippen molar-refractivity contribution in [3.05, 3.63) is 0 Å². The van der Waals surface area contributed by atoms with Crippen LogP contribution in [0.25, 0.3) is 0 Å². The van der Waals surface area contributed by atoms with Crippen LogP contribution in [0.1, 0.15) is 80.1 Å². The Balaban J connectivity index is 0.00000196. The maximum Gasteiger partial charge on any atom is -0.0326 e. The Labute approximate surface area is 97.8 Å². The van der Waals surface area contributed by atoms with E-state index in [-0.39, 0.29) is 7.43 Å². The molecule has 0 heteroatoms. The third-order valence-electron chi connectivity index (χ3n) is 4.57. The van der Waals surface area contributed by atoms with E-state index in [1.54, 1.807) is 0 Å². The lowest BCUT2D eigenvalue weighted by Gasteiger charge is -2.40. The molecule has 92 valence electrons. The average Bonchev–Trinajstić information content (AvgIpc) is 2.20. The SMILES string of the molecule is C.CCC(C1CCCCC1)C(C)(C)CC. The summed E-state index contributed by atoms with van der Waals surface area (Å²) in [5.41, 5.74) is 0.566. The highest BCUT2D eigenvalue weighted by Gasteiger charge is 2.33. The molecule has 0 radical (unpaired) electrons. The third kappa shape index (κ3) is 3.81. The summed E-state index contributed by atoms with van der Waals surface area (Å²) in [5, 5.41) is 0. The van der Waals surface area contributed by atoms with E-state index in [0.29, 0.717) is 5.41 Å². The van der Waals surface area contributed by atoms with E-state index in [0.717, 1.165) is 11.8 Å². The Morgan fingerprint density at radius 3 is 2.00 bits per heavy atom. The second-order valence-corrected chi connectivity index (χ2v) is 5.75. The fourth-order valence-electron chi connectivity index (χ4n) is 3.32. The third-order valence-corrected chi connectivity index (χ3v) is 4.57. The zero-order valence-corrected chi connectivity index (χ0v) is 10.6. The minimum absolute atomic E-state index is 0. The van der Waals surface area contributed by atoms with E-state index in [2.05, 4.69) is 27.7 Å². The first-order chi connectivity index (χ1) is 6.61. The summed E-state index contributed by atoms with van der Waals surface area (Å²) in [6, 6.07) is 0.